The summed E-state index contributed by atoms with van der Waals surface area (Å²) in [5, 5.41) is 10.6. The van der Waals surface area contributed by atoms with Crippen LogP contribution in [0.25, 0.3) is 0 Å². The zero-order chi connectivity index (χ0) is 12.2. The Labute approximate surface area is 92.5 Å². The smallest absolute Gasteiger partial charge is 0.258 e. The Morgan fingerprint density at radius 1 is 1.44 bits per heavy atom. The Balaban J connectivity index is 3.23. The number of nitrogens with one attached hydrogen (secondary N) is 1. The fourth-order valence-electron chi connectivity index (χ4n) is 1.05. The van der Waals surface area contributed by atoms with Crippen LogP contribution in [0.3, 0.4) is 0 Å². The summed E-state index contributed by atoms with van der Waals surface area (Å²) >= 11 is 0. The van der Waals surface area contributed by atoms with Crippen LogP contribution in [-0.4, -0.2) is 19.9 Å². The lowest BCUT2D eigenvalue weighted by Crippen LogP contribution is -2.24. The van der Waals surface area contributed by atoms with Gasteiger partial charge in [-0.25, -0.2) is 8.42 Å². The molecule has 0 atom stereocenters. The van der Waals surface area contributed by atoms with Crippen molar-refractivity contribution in [2.45, 2.75) is 4.90 Å². The zero-order valence-corrected chi connectivity index (χ0v) is 8.90. The molecule has 0 aliphatic heterocycles. The number of terminal acetylenes is 1. The molecule has 0 unspecified atom stereocenters. The lowest BCUT2D eigenvalue weighted by Gasteiger charge is -2.04. The normalized spacial score (nSPS) is 10.7. The van der Waals surface area contributed by atoms with Gasteiger partial charge in [0.1, 0.15) is 0 Å². The van der Waals surface area contributed by atoms with Crippen LogP contribution in [0.2, 0.25) is 0 Å². The van der Waals surface area contributed by atoms with Crippen molar-refractivity contribution in [2.24, 2.45) is 0 Å². The quantitative estimate of drug-likeness (QED) is 0.471. The number of hydrogen-bond donors (Lipinski definition) is 1. The molecule has 0 saturated carbocycles. The number of benzene rings is 1. The van der Waals surface area contributed by atoms with Crippen molar-refractivity contribution in [3.63, 3.8) is 0 Å². The van der Waals surface area contributed by atoms with Crippen molar-refractivity contribution in [1.82, 2.24) is 4.72 Å². The van der Waals surface area contributed by atoms with E-state index in [-0.39, 0.29) is 6.54 Å². The van der Waals surface area contributed by atoms with E-state index < -0.39 is 25.5 Å². The standard InChI is InChI=1S/C9H8N2O4S/c1-2-7-10-16(14,15)9-6-4-3-5-8(9)11(12)13/h1,3-6,10H,7H2. The molecule has 0 spiro atoms. The summed E-state index contributed by atoms with van der Waals surface area (Å²) in [4.78, 5) is 9.46. The molecular weight excluding hydrogens is 232 g/mol. The van der Waals surface area contributed by atoms with Gasteiger partial charge in [-0.1, -0.05) is 18.1 Å². The van der Waals surface area contributed by atoms with Crippen LogP contribution >= 0.6 is 0 Å². The molecule has 1 aromatic rings. The number of nitro benzene ring substituents is 1. The van der Waals surface area contributed by atoms with E-state index in [0.29, 0.717) is 0 Å². The fourth-order valence-corrected chi connectivity index (χ4v) is 2.15. The maximum absolute atomic E-state index is 11.6. The van der Waals surface area contributed by atoms with E-state index in [1.54, 1.807) is 0 Å². The monoisotopic (exact) mass is 240 g/mol. The van der Waals surface area contributed by atoms with Crippen LogP contribution in [-0.2, 0) is 10.0 Å². The summed E-state index contributed by atoms with van der Waals surface area (Å²) < 4.78 is 25.3. The van der Waals surface area contributed by atoms with Gasteiger partial charge in [-0.3, -0.25) is 10.1 Å². The first-order chi connectivity index (χ1) is 7.49. The molecule has 6 nitrogen and oxygen atoms in total. The van der Waals surface area contributed by atoms with Gasteiger partial charge >= 0.3 is 0 Å². The summed E-state index contributed by atoms with van der Waals surface area (Å²) in [5.74, 6) is 2.08. The van der Waals surface area contributed by atoms with Crippen molar-refractivity contribution in [2.75, 3.05) is 6.54 Å². The predicted molar refractivity (Wildman–Crippen MR) is 57.1 cm³/mol. The molecule has 0 radical (unpaired) electrons. The van der Waals surface area contributed by atoms with E-state index in [0.717, 1.165) is 12.1 Å². The molecule has 0 aromatic heterocycles. The van der Waals surface area contributed by atoms with E-state index in [1.165, 1.54) is 12.1 Å². The van der Waals surface area contributed by atoms with E-state index in [4.69, 9.17) is 6.42 Å². The first-order valence-electron chi connectivity index (χ1n) is 4.15. The first kappa shape index (κ1) is 12.2. The molecule has 1 rings (SSSR count). The highest BCUT2D eigenvalue weighted by Crippen LogP contribution is 2.22. The van der Waals surface area contributed by atoms with Crippen LogP contribution in [0, 0.1) is 22.5 Å². The summed E-state index contributed by atoms with van der Waals surface area (Å²) in [5.41, 5.74) is -0.480. The van der Waals surface area contributed by atoms with Gasteiger partial charge in [0.2, 0.25) is 10.0 Å². The van der Waals surface area contributed by atoms with Gasteiger partial charge in [-0.2, -0.15) is 4.72 Å². The number of hydrogen-bond acceptors (Lipinski definition) is 4. The maximum atomic E-state index is 11.6. The number of para-hydroxylation sites is 1. The van der Waals surface area contributed by atoms with Gasteiger partial charge in [0.05, 0.1) is 11.5 Å². The maximum Gasteiger partial charge on any atom is 0.289 e. The summed E-state index contributed by atoms with van der Waals surface area (Å²) in [6, 6.07) is 5.05. The van der Waals surface area contributed by atoms with Crippen molar-refractivity contribution >= 4 is 15.7 Å². The fraction of sp³-hybridized carbons (Fsp3) is 0.111. The Bertz CT molecular complexity index is 545. The molecule has 1 aromatic carbocycles. The van der Waals surface area contributed by atoms with Gasteiger partial charge in [-0.15, -0.1) is 6.42 Å². The molecule has 0 saturated heterocycles. The van der Waals surface area contributed by atoms with Crippen LogP contribution in [0.1, 0.15) is 0 Å². The lowest BCUT2D eigenvalue weighted by atomic mass is 10.3. The minimum atomic E-state index is -3.93. The summed E-state index contributed by atoms with van der Waals surface area (Å²) in [7, 11) is -3.93. The van der Waals surface area contributed by atoms with Gasteiger partial charge in [0, 0.05) is 6.07 Å². The third-order valence-corrected chi connectivity index (χ3v) is 3.16. The Hall–Kier alpha value is -1.91. The molecule has 0 heterocycles. The second-order valence-electron chi connectivity index (χ2n) is 2.75. The molecule has 0 aliphatic carbocycles. The number of rotatable bonds is 4. The molecule has 1 N–H and O–H groups in total. The second kappa shape index (κ2) is 4.74. The lowest BCUT2D eigenvalue weighted by molar-refractivity contribution is -0.387. The van der Waals surface area contributed by atoms with E-state index >= 15 is 0 Å². The van der Waals surface area contributed by atoms with Crippen LogP contribution in [0.5, 0.6) is 0 Å². The minimum Gasteiger partial charge on any atom is -0.258 e. The molecule has 0 fully saturated rings. The van der Waals surface area contributed by atoms with Crippen LogP contribution in [0.4, 0.5) is 5.69 Å². The molecule has 0 aliphatic rings. The van der Waals surface area contributed by atoms with Crippen molar-refractivity contribution in [1.29, 1.82) is 0 Å². The van der Waals surface area contributed by atoms with Crippen molar-refractivity contribution in [3.8, 4) is 12.3 Å². The molecule has 0 bridgehead atoms. The van der Waals surface area contributed by atoms with Gasteiger partial charge < -0.3 is 0 Å². The topological polar surface area (TPSA) is 89.3 Å². The predicted octanol–water partition coefficient (Wildman–Crippen LogP) is 0.506. The Kier molecular flexibility index (Phi) is 3.60. The first-order valence-corrected chi connectivity index (χ1v) is 5.64. The van der Waals surface area contributed by atoms with E-state index in [2.05, 4.69) is 10.6 Å². The average Bonchev–Trinajstić information content (AvgIpc) is 2.26. The average molecular weight is 240 g/mol. The van der Waals surface area contributed by atoms with Crippen LogP contribution in [0.15, 0.2) is 29.2 Å². The largest absolute Gasteiger partial charge is 0.289 e. The highest BCUT2D eigenvalue weighted by Gasteiger charge is 2.24. The molecule has 0 amide bonds. The summed E-state index contributed by atoms with van der Waals surface area (Å²) in [6.07, 6.45) is 4.90. The second-order valence-corrected chi connectivity index (χ2v) is 4.49. The number of nitrogens with zero attached hydrogens (tertiary/aromatic N) is 1. The molecule has 84 valence electrons. The van der Waals surface area contributed by atoms with Gasteiger partial charge in [-0.05, 0) is 6.07 Å². The number of nitro groups is 1. The molecule has 16 heavy (non-hydrogen) atoms. The van der Waals surface area contributed by atoms with Gasteiger partial charge in [0.25, 0.3) is 5.69 Å². The molecule has 7 heteroatoms. The van der Waals surface area contributed by atoms with Crippen LogP contribution < -0.4 is 4.72 Å². The highest BCUT2D eigenvalue weighted by atomic mass is 32.2. The van der Waals surface area contributed by atoms with Gasteiger partial charge in [0.15, 0.2) is 4.90 Å². The van der Waals surface area contributed by atoms with E-state index in [1.807, 2.05) is 0 Å². The van der Waals surface area contributed by atoms with E-state index in [9.17, 15) is 18.5 Å². The molecular formula is C9H8N2O4S. The highest BCUT2D eigenvalue weighted by molar-refractivity contribution is 7.89. The number of sulfonamides is 1. The zero-order valence-electron chi connectivity index (χ0n) is 8.08. The third-order valence-electron chi connectivity index (χ3n) is 1.72. The minimum absolute atomic E-state index is 0.214. The Morgan fingerprint density at radius 3 is 2.62 bits per heavy atom. The van der Waals surface area contributed by atoms with Crippen molar-refractivity contribution < 1.29 is 13.3 Å². The Morgan fingerprint density at radius 2 is 2.06 bits per heavy atom. The summed E-state index contributed by atoms with van der Waals surface area (Å²) in [6.45, 7) is -0.214. The van der Waals surface area contributed by atoms with Crippen molar-refractivity contribution in [3.05, 3.63) is 34.4 Å². The third kappa shape index (κ3) is 2.56. The SMILES string of the molecule is C#CCNS(=O)(=O)c1ccccc1[N+](=O)[O-].